The molecule has 0 spiro atoms. The second-order valence-electron chi connectivity index (χ2n) is 10.2. The van der Waals surface area contributed by atoms with Crippen LogP contribution in [0.15, 0.2) is 79.4 Å². The average Bonchev–Trinajstić information content (AvgIpc) is 3.30. The van der Waals surface area contributed by atoms with Gasteiger partial charge in [0.05, 0.1) is 0 Å². The van der Waals surface area contributed by atoms with E-state index >= 15 is 0 Å². The molecule has 4 aromatic rings. The van der Waals surface area contributed by atoms with Crippen LogP contribution < -0.4 is 10.6 Å². The number of fused-ring (bicyclic) bond motifs is 3. The highest BCUT2D eigenvalue weighted by Gasteiger charge is 2.34. The van der Waals surface area contributed by atoms with Gasteiger partial charge in [0.15, 0.2) is 5.78 Å². The standard InChI is InChI=1S/C32H32FN3O.CH5N/c1-2-23-7-9-24(10-8-23)21-36-29-6-4-3-5-28(29)31-30(36)16-11-25(32(31)37)22-34-17-19-35(20-18-34)27-14-12-26(33)13-15-27;1-2/h2-10,12-15,25H,1,11,16-22H2;2H2,1H3. The number of aromatic nitrogens is 1. The fourth-order valence-electron chi connectivity index (χ4n) is 5.99. The van der Waals surface area contributed by atoms with Gasteiger partial charge >= 0.3 is 0 Å². The molecule has 39 heavy (non-hydrogen) atoms. The number of carbonyl (C=O) groups excluding carboxylic acids is 1. The first-order valence-electron chi connectivity index (χ1n) is 13.8. The minimum Gasteiger partial charge on any atom is -0.369 e. The summed E-state index contributed by atoms with van der Waals surface area (Å²) >= 11 is 0. The number of hydrogen-bond acceptors (Lipinski definition) is 4. The first-order chi connectivity index (χ1) is 19.1. The van der Waals surface area contributed by atoms with Gasteiger partial charge in [-0.15, -0.1) is 0 Å². The van der Waals surface area contributed by atoms with Crippen molar-refractivity contribution in [2.45, 2.75) is 19.4 Å². The van der Waals surface area contributed by atoms with Gasteiger partial charge in [0, 0.05) is 73.0 Å². The van der Waals surface area contributed by atoms with Gasteiger partial charge in [-0.3, -0.25) is 9.69 Å². The predicted molar refractivity (Wildman–Crippen MR) is 159 cm³/mol. The lowest BCUT2D eigenvalue weighted by Gasteiger charge is -2.38. The van der Waals surface area contributed by atoms with Gasteiger partial charge in [-0.1, -0.05) is 55.1 Å². The molecule has 5 nitrogen and oxygen atoms in total. The molecule has 0 radical (unpaired) electrons. The summed E-state index contributed by atoms with van der Waals surface area (Å²) in [5.41, 5.74) is 11.1. The average molecular weight is 525 g/mol. The fourth-order valence-corrected chi connectivity index (χ4v) is 5.99. The summed E-state index contributed by atoms with van der Waals surface area (Å²) < 4.78 is 15.6. The fraction of sp³-hybridized carbons (Fsp3) is 0.303. The minimum absolute atomic E-state index is 0.0241. The molecule has 3 aromatic carbocycles. The third-order valence-corrected chi connectivity index (χ3v) is 8.02. The van der Waals surface area contributed by atoms with Crippen molar-refractivity contribution >= 4 is 28.4 Å². The molecule has 0 amide bonds. The Morgan fingerprint density at radius 1 is 0.949 bits per heavy atom. The van der Waals surface area contributed by atoms with E-state index in [1.54, 1.807) is 0 Å². The van der Waals surface area contributed by atoms with Crippen LogP contribution in [0.3, 0.4) is 0 Å². The van der Waals surface area contributed by atoms with Crippen molar-refractivity contribution in [3.05, 3.63) is 108 Å². The number of hydrogen-bond donors (Lipinski definition) is 1. The number of nitrogens with two attached hydrogens (primary N) is 1. The van der Waals surface area contributed by atoms with Crippen LogP contribution in [0.25, 0.3) is 17.0 Å². The molecule has 1 aromatic heterocycles. The third kappa shape index (κ3) is 5.54. The summed E-state index contributed by atoms with van der Waals surface area (Å²) in [4.78, 5) is 18.6. The first-order valence-corrected chi connectivity index (χ1v) is 13.8. The van der Waals surface area contributed by atoms with E-state index in [1.165, 1.54) is 30.4 Å². The monoisotopic (exact) mass is 524 g/mol. The Hall–Kier alpha value is -3.74. The molecule has 2 heterocycles. The molecule has 1 saturated heterocycles. The SMILES string of the molecule is C=Cc1ccc(Cn2c3c(c4ccccc42)C(=O)C(CN2CCN(c4ccc(F)cc4)CC2)CC3)cc1.CN. The molecule has 1 fully saturated rings. The third-order valence-electron chi connectivity index (χ3n) is 8.02. The summed E-state index contributed by atoms with van der Waals surface area (Å²) in [6.07, 6.45) is 3.66. The van der Waals surface area contributed by atoms with Gasteiger partial charge in [-0.2, -0.15) is 0 Å². The van der Waals surface area contributed by atoms with Crippen molar-refractivity contribution in [3.8, 4) is 0 Å². The second kappa shape index (κ2) is 12.0. The highest BCUT2D eigenvalue weighted by Crippen LogP contribution is 2.35. The highest BCUT2D eigenvalue weighted by molar-refractivity contribution is 6.11. The summed E-state index contributed by atoms with van der Waals surface area (Å²) in [6.45, 7) is 9.02. The van der Waals surface area contributed by atoms with E-state index in [4.69, 9.17) is 0 Å². The van der Waals surface area contributed by atoms with Crippen molar-refractivity contribution in [1.82, 2.24) is 9.47 Å². The van der Waals surface area contributed by atoms with Crippen LogP contribution in [-0.4, -0.2) is 55.0 Å². The normalized spacial score (nSPS) is 17.5. The lowest BCUT2D eigenvalue weighted by Crippen LogP contribution is -2.49. The molecule has 2 N–H and O–H groups in total. The number of halogens is 1. The Labute approximate surface area is 230 Å². The van der Waals surface area contributed by atoms with Crippen LogP contribution in [-0.2, 0) is 13.0 Å². The predicted octanol–water partition coefficient (Wildman–Crippen LogP) is 5.61. The number of nitrogens with zero attached hydrogens (tertiary/aromatic N) is 3. The number of para-hydroxylation sites is 1. The van der Waals surface area contributed by atoms with Gasteiger partial charge < -0.3 is 15.2 Å². The zero-order chi connectivity index (χ0) is 27.4. The molecule has 0 bridgehead atoms. The van der Waals surface area contributed by atoms with E-state index in [9.17, 15) is 9.18 Å². The van der Waals surface area contributed by atoms with E-state index in [-0.39, 0.29) is 11.7 Å². The number of Topliss-reactive ketones (excluding diaryl/α,β-unsaturated/α-hetero) is 1. The Bertz CT molecular complexity index is 1430. The smallest absolute Gasteiger partial charge is 0.169 e. The van der Waals surface area contributed by atoms with Crippen molar-refractivity contribution in [2.75, 3.05) is 44.7 Å². The van der Waals surface area contributed by atoms with E-state index in [2.05, 4.69) is 69.1 Å². The van der Waals surface area contributed by atoms with E-state index < -0.39 is 0 Å². The highest BCUT2D eigenvalue weighted by atomic mass is 19.1. The van der Waals surface area contributed by atoms with Crippen LogP contribution in [0.4, 0.5) is 10.1 Å². The Morgan fingerprint density at radius 2 is 1.64 bits per heavy atom. The zero-order valence-electron chi connectivity index (χ0n) is 22.7. The van der Waals surface area contributed by atoms with Crippen molar-refractivity contribution < 1.29 is 9.18 Å². The zero-order valence-corrected chi connectivity index (χ0v) is 22.7. The van der Waals surface area contributed by atoms with Crippen molar-refractivity contribution in [3.63, 3.8) is 0 Å². The molecule has 2 aliphatic rings. The van der Waals surface area contributed by atoms with E-state index in [0.29, 0.717) is 5.78 Å². The maximum absolute atomic E-state index is 13.9. The first kappa shape index (κ1) is 26.9. The number of benzene rings is 3. The minimum atomic E-state index is -0.204. The van der Waals surface area contributed by atoms with E-state index in [0.717, 1.165) is 79.8 Å². The molecule has 1 atom stereocenters. The number of carbonyl (C=O) groups is 1. The van der Waals surface area contributed by atoms with E-state index in [1.807, 2.05) is 24.3 Å². The quantitative estimate of drug-likeness (QED) is 0.356. The van der Waals surface area contributed by atoms with Crippen molar-refractivity contribution in [1.29, 1.82) is 0 Å². The summed E-state index contributed by atoms with van der Waals surface area (Å²) in [5.74, 6) is 0.111. The number of piperazine rings is 1. The molecule has 1 aliphatic heterocycles. The molecular formula is C33H37FN4O. The summed E-state index contributed by atoms with van der Waals surface area (Å²) in [5, 5.41) is 1.08. The van der Waals surface area contributed by atoms with Crippen LogP contribution in [0, 0.1) is 11.7 Å². The maximum Gasteiger partial charge on any atom is 0.169 e. The number of rotatable bonds is 6. The second-order valence-corrected chi connectivity index (χ2v) is 10.2. The van der Waals surface area contributed by atoms with Crippen LogP contribution in [0.5, 0.6) is 0 Å². The van der Waals surface area contributed by atoms with Gasteiger partial charge in [-0.05, 0) is 61.3 Å². The summed E-state index contributed by atoms with van der Waals surface area (Å²) in [6, 6.07) is 23.6. The van der Waals surface area contributed by atoms with Gasteiger partial charge in [0.1, 0.15) is 5.82 Å². The van der Waals surface area contributed by atoms with Crippen LogP contribution in [0.2, 0.25) is 0 Å². The van der Waals surface area contributed by atoms with Crippen LogP contribution >= 0.6 is 0 Å². The number of ketones is 1. The van der Waals surface area contributed by atoms with Gasteiger partial charge in [0.2, 0.25) is 0 Å². The van der Waals surface area contributed by atoms with Crippen LogP contribution in [0.1, 0.15) is 33.6 Å². The number of anilines is 1. The molecule has 6 heteroatoms. The Balaban J connectivity index is 0.00000151. The topological polar surface area (TPSA) is 54.5 Å². The molecule has 6 rings (SSSR count). The van der Waals surface area contributed by atoms with Gasteiger partial charge in [-0.25, -0.2) is 4.39 Å². The Morgan fingerprint density at radius 3 is 2.33 bits per heavy atom. The lowest BCUT2D eigenvalue weighted by molar-refractivity contribution is 0.0854. The molecule has 1 aliphatic carbocycles. The summed E-state index contributed by atoms with van der Waals surface area (Å²) in [7, 11) is 1.50. The molecule has 1 unspecified atom stereocenters. The lowest BCUT2D eigenvalue weighted by atomic mass is 9.84. The largest absolute Gasteiger partial charge is 0.369 e. The Kier molecular flexibility index (Phi) is 8.24. The molecule has 202 valence electrons. The molecule has 0 saturated carbocycles. The van der Waals surface area contributed by atoms with Crippen molar-refractivity contribution in [2.24, 2.45) is 11.7 Å². The molecular weight excluding hydrogens is 487 g/mol. The van der Waals surface area contributed by atoms with Gasteiger partial charge in [0.25, 0.3) is 0 Å². The maximum atomic E-state index is 13.9.